The van der Waals surface area contributed by atoms with Crippen LogP contribution in [-0.2, 0) is 16.1 Å². The number of carboxylic acid groups (broad SMARTS) is 1. The van der Waals surface area contributed by atoms with Gasteiger partial charge in [0, 0.05) is 6.61 Å². The number of carbonyl (C=O) groups is 1. The zero-order chi connectivity index (χ0) is 14.8. The monoisotopic (exact) mass is 282 g/mol. The maximum absolute atomic E-state index is 10.9. The van der Waals surface area contributed by atoms with Crippen molar-refractivity contribution >= 4 is 5.97 Å². The van der Waals surface area contributed by atoms with Gasteiger partial charge in [0.1, 0.15) is 11.3 Å². The van der Waals surface area contributed by atoms with Crippen LogP contribution >= 0.6 is 0 Å². The van der Waals surface area contributed by atoms with Gasteiger partial charge in [0.2, 0.25) is 0 Å². The first-order chi connectivity index (χ1) is 9.69. The number of hydrogen-bond acceptors (Lipinski definition) is 4. The van der Waals surface area contributed by atoms with Gasteiger partial charge in [-0.2, -0.15) is 0 Å². The molecule has 1 rings (SSSR count). The van der Waals surface area contributed by atoms with Crippen LogP contribution in [0, 0.1) is 0 Å². The second-order valence-electron chi connectivity index (χ2n) is 4.36. The van der Waals surface area contributed by atoms with E-state index in [1.807, 2.05) is 0 Å². The standard InChI is InChI=1S/C15H22O5/c1-3-4-7-19-8-9-20-11-12-5-6-13(15(16)17)14(10-12)18-2/h5-6,10H,3-4,7-9,11H2,1-2H3,(H,16,17). The Morgan fingerprint density at radius 2 is 1.95 bits per heavy atom. The van der Waals surface area contributed by atoms with Crippen LogP contribution in [0.3, 0.4) is 0 Å². The van der Waals surface area contributed by atoms with E-state index in [-0.39, 0.29) is 5.56 Å². The van der Waals surface area contributed by atoms with E-state index >= 15 is 0 Å². The molecule has 5 heteroatoms. The van der Waals surface area contributed by atoms with Gasteiger partial charge >= 0.3 is 5.97 Å². The molecule has 0 atom stereocenters. The minimum atomic E-state index is -1.00. The smallest absolute Gasteiger partial charge is 0.339 e. The van der Waals surface area contributed by atoms with Crippen molar-refractivity contribution in [3.63, 3.8) is 0 Å². The summed E-state index contributed by atoms with van der Waals surface area (Å²) < 4.78 is 15.9. The van der Waals surface area contributed by atoms with Crippen LogP contribution in [0.5, 0.6) is 5.75 Å². The summed E-state index contributed by atoms with van der Waals surface area (Å²) in [4.78, 5) is 10.9. The molecule has 0 aliphatic carbocycles. The van der Waals surface area contributed by atoms with Gasteiger partial charge in [-0.3, -0.25) is 0 Å². The predicted molar refractivity (Wildman–Crippen MR) is 75.3 cm³/mol. The van der Waals surface area contributed by atoms with Crippen molar-refractivity contribution in [2.45, 2.75) is 26.4 Å². The first-order valence-electron chi connectivity index (χ1n) is 6.74. The number of aromatic carboxylic acids is 1. The molecule has 0 fully saturated rings. The Morgan fingerprint density at radius 3 is 2.60 bits per heavy atom. The highest BCUT2D eigenvalue weighted by atomic mass is 16.5. The van der Waals surface area contributed by atoms with Crippen molar-refractivity contribution in [3.05, 3.63) is 29.3 Å². The number of rotatable bonds is 10. The number of methoxy groups -OCH3 is 1. The quantitative estimate of drug-likeness (QED) is 0.668. The Kier molecular flexibility index (Phi) is 7.69. The number of carboxylic acids is 1. The molecule has 0 amide bonds. The van der Waals surface area contributed by atoms with Gasteiger partial charge < -0.3 is 19.3 Å². The topological polar surface area (TPSA) is 65.0 Å². The van der Waals surface area contributed by atoms with Gasteiger partial charge in [0.15, 0.2) is 0 Å². The van der Waals surface area contributed by atoms with E-state index in [0.717, 1.165) is 25.0 Å². The molecule has 0 aliphatic rings. The third kappa shape index (κ3) is 5.59. The van der Waals surface area contributed by atoms with Crippen LogP contribution in [0.15, 0.2) is 18.2 Å². The van der Waals surface area contributed by atoms with E-state index in [1.165, 1.54) is 13.2 Å². The van der Waals surface area contributed by atoms with Gasteiger partial charge in [-0.05, 0) is 24.1 Å². The van der Waals surface area contributed by atoms with Gasteiger partial charge in [0.25, 0.3) is 0 Å². The predicted octanol–water partition coefficient (Wildman–Crippen LogP) is 2.73. The van der Waals surface area contributed by atoms with Crippen LogP contribution in [0.25, 0.3) is 0 Å². The minimum absolute atomic E-state index is 0.152. The summed E-state index contributed by atoms with van der Waals surface area (Å²) in [5.41, 5.74) is 1.03. The molecule has 0 saturated heterocycles. The van der Waals surface area contributed by atoms with E-state index in [2.05, 4.69) is 6.92 Å². The molecule has 1 aromatic rings. The minimum Gasteiger partial charge on any atom is -0.496 e. The lowest BCUT2D eigenvalue weighted by atomic mass is 10.1. The lowest BCUT2D eigenvalue weighted by Crippen LogP contribution is -2.06. The fourth-order valence-electron chi connectivity index (χ4n) is 1.66. The number of unbranched alkanes of at least 4 members (excludes halogenated alkanes) is 1. The molecular formula is C15H22O5. The molecule has 112 valence electrons. The molecule has 1 aromatic carbocycles. The first kappa shape index (κ1) is 16.5. The maximum atomic E-state index is 10.9. The van der Waals surface area contributed by atoms with E-state index < -0.39 is 5.97 Å². The average molecular weight is 282 g/mol. The Morgan fingerprint density at radius 1 is 1.20 bits per heavy atom. The van der Waals surface area contributed by atoms with Crippen LogP contribution in [0.2, 0.25) is 0 Å². The first-order valence-corrected chi connectivity index (χ1v) is 6.74. The van der Waals surface area contributed by atoms with Crippen molar-refractivity contribution in [1.82, 2.24) is 0 Å². The Balaban J connectivity index is 2.35. The summed E-state index contributed by atoms with van der Waals surface area (Å²) in [6, 6.07) is 4.93. The maximum Gasteiger partial charge on any atom is 0.339 e. The number of ether oxygens (including phenoxy) is 3. The molecule has 0 bridgehead atoms. The Labute approximate surface area is 119 Å². The van der Waals surface area contributed by atoms with E-state index in [9.17, 15) is 4.79 Å². The fourth-order valence-corrected chi connectivity index (χ4v) is 1.66. The van der Waals surface area contributed by atoms with Crippen molar-refractivity contribution in [3.8, 4) is 5.75 Å². The Bertz CT molecular complexity index is 417. The third-order valence-corrected chi connectivity index (χ3v) is 2.78. The van der Waals surface area contributed by atoms with Crippen LogP contribution < -0.4 is 4.74 Å². The third-order valence-electron chi connectivity index (χ3n) is 2.78. The lowest BCUT2D eigenvalue weighted by Gasteiger charge is -2.09. The summed E-state index contributed by atoms with van der Waals surface area (Å²) in [5.74, 6) is -0.656. The highest BCUT2D eigenvalue weighted by Crippen LogP contribution is 2.20. The van der Waals surface area contributed by atoms with Crippen LogP contribution in [0.1, 0.15) is 35.7 Å². The molecule has 0 radical (unpaired) electrons. The zero-order valence-electron chi connectivity index (χ0n) is 12.1. The van der Waals surface area contributed by atoms with Crippen molar-refractivity contribution < 1.29 is 24.1 Å². The van der Waals surface area contributed by atoms with Gasteiger partial charge in [-0.25, -0.2) is 4.79 Å². The normalized spacial score (nSPS) is 10.5. The second-order valence-corrected chi connectivity index (χ2v) is 4.36. The van der Waals surface area contributed by atoms with Crippen molar-refractivity contribution in [2.24, 2.45) is 0 Å². The van der Waals surface area contributed by atoms with Crippen molar-refractivity contribution in [2.75, 3.05) is 26.9 Å². The van der Waals surface area contributed by atoms with Gasteiger partial charge in [0.05, 0.1) is 26.9 Å². The molecule has 5 nitrogen and oxygen atoms in total. The largest absolute Gasteiger partial charge is 0.496 e. The molecule has 20 heavy (non-hydrogen) atoms. The molecule has 0 unspecified atom stereocenters. The summed E-state index contributed by atoms with van der Waals surface area (Å²) >= 11 is 0. The lowest BCUT2D eigenvalue weighted by molar-refractivity contribution is 0.0396. The highest BCUT2D eigenvalue weighted by molar-refractivity contribution is 5.90. The molecule has 0 saturated carbocycles. The second kappa shape index (κ2) is 9.34. The number of hydrogen-bond donors (Lipinski definition) is 1. The average Bonchev–Trinajstić information content (AvgIpc) is 2.45. The summed E-state index contributed by atoms with van der Waals surface area (Å²) in [7, 11) is 1.45. The summed E-state index contributed by atoms with van der Waals surface area (Å²) in [6.07, 6.45) is 2.18. The molecule has 0 heterocycles. The van der Waals surface area contributed by atoms with E-state index in [1.54, 1.807) is 12.1 Å². The molecule has 0 spiro atoms. The fraction of sp³-hybridized carbons (Fsp3) is 0.533. The zero-order valence-corrected chi connectivity index (χ0v) is 12.1. The van der Waals surface area contributed by atoms with Crippen molar-refractivity contribution in [1.29, 1.82) is 0 Å². The number of benzene rings is 1. The van der Waals surface area contributed by atoms with E-state index in [0.29, 0.717) is 25.6 Å². The van der Waals surface area contributed by atoms with Crippen LogP contribution in [-0.4, -0.2) is 38.0 Å². The molecular weight excluding hydrogens is 260 g/mol. The van der Waals surface area contributed by atoms with Gasteiger partial charge in [-0.1, -0.05) is 19.4 Å². The summed E-state index contributed by atoms with van der Waals surface area (Å²) in [5, 5.41) is 8.98. The van der Waals surface area contributed by atoms with Crippen LogP contribution in [0.4, 0.5) is 0 Å². The van der Waals surface area contributed by atoms with E-state index in [4.69, 9.17) is 19.3 Å². The van der Waals surface area contributed by atoms with Gasteiger partial charge in [-0.15, -0.1) is 0 Å². The highest BCUT2D eigenvalue weighted by Gasteiger charge is 2.11. The summed E-state index contributed by atoms with van der Waals surface area (Å²) in [6.45, 7) is 4.39. The SMILES string of the molecule is CCCCOCCOCc1ccc(C(=O)O)c(OC)c1. The Hall–Kier alpha value is -1.59. The molecule has 1 N–H and O–H groups in total. The molecule has 0 aromatic heterocycles. The molecule has 0 aliphatic heterocycles.